The summed E-state index contributed by atoms with van der Waals surface area (Å²) < 4.78 is 6.09. The lowest BCUT2D eigenvalue weighted by molar-refractivity contribution is 0.0696. The van der Waals surface area contributed by atoms with E-state index in [-0.39, 0.29) is 22.7 Å². The van der Waals surface area contributed by atoms with Crippen LogP contribution in [0.4, 0.5) is 0 Å². The highest BCUT2D eigenvalue weighted by Crippen LogP contribution is 2.41. The van der Waals surface area contributed by atoms with E-state index in [9.17, 15) is 14.4 Å². The van der Waals surface area contributed by atoms with Crippen molar-refractivity contribution in [3.05, 3.63) is 112 Å². The Balaban J connectivity index is 1.72. The third-order valence-corrected chi connectivity index (χ3v) is 5.21. The van der Waals surface area contributed by atoms with E-state index in [0.717, 1.165) is 0 Å². The fourth-order valence-electron chi connectivity index (χ4n) is 3.77. The van der Waals surface area contributed by atoms with Crippen LogP contribution >= 0.6 is 0 Å². The molecular weight excluding hydrogens is 380 g/mol. The van der Waals surface area contributed by atoms with Crippen LogP contribution in [0.5, 0.6) is 5.75 Å². The molecule has 0 atom stereocenters. The third kappa shape index (κ3) is 2.68. The normalized spacial score (nSPS) is 14.5. The Labute approximate surface area is 171 Å². The molecule has 0 amide bonds. The number of rotatable bonds is 3. The van der Waals surface area contributed by atoms with E-state index in [1.807, 2.05) is 6.07 Å². The quantitative estimate of drug-likeness (QED) is 0.699. The predicted octanol–water partition coefficient (Wildman–Crippen LogP) is 4.65. The van der Waals surface area contributed by atoms with E-state index in [1.54, 1.807) is 48.5 Å². The Morgan fingerprint density at radius 3 is 2.07 bits per heavy atom. The number of carbonyl (C=O) groups excluding carboxylic acids is 2. The summed E-state index contributed by atoms with van der Waals surface area (Å²) in [5.41, 5.74) is 2.84. The summed E-state index contributed by atoms with van der Waals surface area (Å²) in [7, 11) is 0. The van der Waals surface area contributed by atoms with Gasteiger partial charge in [-0.05, 0) is 35.9 Å². The van der Waals surface area contributed by atoms with Crippen LogP contribution in [-0.4, -0.2) is 22.6 Å². The van der Waals surface area contributed by atoms with Gasteiger partial charge in [0.15, 0.2) is 11.6 Å². The maximum atomic E-state index is 13.3. The molecule has 3 aromatic carbocycles. The molecule has 0 heterocycles. The van der Waals surface area contributed by atoms with Crippen molar-refractivity contribution in [2.24, 2.45) is 0 Å². The van der Waals surface area contributed by atoms with Crippen LogP contribution in [0, 0.1) is 0 Å². The van der Waals surface area contributed by atoms with Gasteiger partial charge in [-0.15, -0.1) is 0 Å². The number of allylic oxidation sites excluding steroid dienone is 2. The fourth-order valence-corrected chi connectivity index (χ4v) is 3.77. The monoisotopic (exact) mass is 394 g/mol. The molecule has 0 saturated carbocycles. The molecule has 0 saturated heterocycles. The number of carboxylic acids is 1. The highest BCUT2D eigenvalue weighted by molar-refractivity contribution is 6.33. The summed E-state index contributed by atoms with van der Waals surface area (Å²) >= 11 is 0. The van der Waals surface area contributed by atoms with Crippen LogP contribution in [0.2, 0.25) is 0 Å². The minimum absolute atomic E-state index is 0.127. The summed E-state index contributed by atoms with van der Waals surface area (Å²) in [5, 5.41) is 9.10. The van der Waals surface area contributed by atoms with Crippen LogP contribution in [-0.2, 0) is 0 Å². The molecule has 144 valence electrons. The first-order chi connectivity index (χ1) is 14.5. The van der Waals surface area contributed by atoms with E-state index in [0.29, 0.717) is 39.3 Å². The van der Waals surface area contributed by atoms with E-state index >= 15 is 0 Å². The van der Waals surface area contributed by atoms with Crippen molar-refractivity contribution >= 4 is 29.4 Å². The van der Waals surface area contributed by atoms with Crippen molar-refractivity contribution in [2.45, 2.75) is 0 Å². The molecule has 2 aliphatic rings. The second-order valence-corrected chi connectivity index (χ2v) is 6.98. The van der Waals surface area contributed by atoms with Gasteiger partial charge in [0.25, 0.3) is 0 Å². The second-order valence-electron chi connectivity index (χ2n) is 6.98. The van der Waals surface area contributed by atoms with E-state index in [4.69, 9.17) is 9.84 Å². The maximum Gasteiger partial charge on any atom is 0.335 e. The van der Waals surface area contributed by atoms with E-state index < -0.39 is 5.97 Å². The van der Waals surface area contributed by atoms with Crippen molar-refractivity contribution in [3.8, 4) is 5.75 Å². The predicted molar refractivity (Wildman–Crippen MR) is 110 cm³/mol. The van der Waals surface area contributed by atoms with Crippen LogP contribution < -0.4 is 4.74 Å². The van der Waals surface area contributed by atoms with Crippen molar-refractivity contribution in [1.82, 2.24) is 0 Å². The first-order valence-corrected chi connectivity index (χ1v) is 9.30. The summed E-state index contributed by atoms with van der Waals surface area (Å²) in [6, 6.07) is 20.0. The second kappa shape index (κ2) is 6.67. The van der Waals surface area contributed by atoms with Gasteiger partial charge in [-0.3, -0.25) is 9.59 Å². The molecule has 0 bridgehead atoms. The molecular formula is C25H14O5. The third-order valence-electron chi connectivity index (χ3n) is 5.21. The Bertz CT molecular complexity index is 1310. The Morgan fingerprint density at radius 1 is 0.733 bits per heavy atom. The topological polar surface area (TPSA) is 80.7 Å². The highest BCUT2D eigenvalue weighted by Gasteiger charge is 2.37. The molecule has 0 aromatic heterocycles. The molecule has 0 fully saturated rings. The van der Waals surface area contributed by atoms with Gasteiger partial charge >= 0.3 is 5.97 Å². The number of carboxylic acid groups (broad SMARTS) is 1. The zero-order valence-electron chi connectivity index (χ0n) is 15.6. The van der Waals surface area contributed by atoms with Crippen LogP contribution in [0.15, 0.2) is 83.9 Å². The molecule has 0 unspecified atom stereocenters. The number of carbonyl (C=O) groups is 3. The molecule has 0 aliphatic heterocycles. The van der Waals surface area contributed by atoms with Gasteiger partial charge < -0.3 is 9.84 Å². The summed E-state index contributed by atoms with van der Waals surface area (Å²) in [5.74, 6) is -0.877. The summed E-state index contributed by atoms with van der Waals surface area (Å²) in [4.78, 5) is 37.6. The van der Waals surface area contributed by atoms with E-state index in [1.165, 1.54) is 24.3 Å². The molecule has 0 radical (unpaired) electrons. The molecule has 5 heteroatoms. The number of fused-ring (bicyclic) bond motifs is 3. The first-order valence-electron chi connectivity index (χ1n) is 9.30. The van der Waals surface area contributed by atoms with Gasteiger partial charge in [0.2, 0.25) is 0 Å². The van der Waals surface area contributed by atoms with Gasteiger partial charge in [-0.2, -0.15) is 0 Å². The lowest BCUT2D eigenvalue weighted by atomic mass is 9.77. The largest absolute Gasteiger partial charge is 0.478 e. The molecule has 1 N–H and O–H groups in total. The van der Waals surface area contributed by atoms with Crippen LogP contribution in [0.1, 0.15) is 42.2 Å². The number of benzene rings is 3. The average molecular weight is 394 g/mol. The van der Waals surface area contributed by atoms with Crippen molar-refractivity contribution < 1.29 is 24.2 Å². The molecule has 5 rings (SSSR count). The Morgan fingerprint density at radius 2 is 1.37 bits per heavy atom. The maximum absolute atomic E-state index is 13.3. The molecule has 2 aliphatic carbocycles. The number of hydrogen-bond acceptors (Lipinski definition) is 4. The molecule has 3 aromatic rings. The van der Waals surface area contributed by atoms with Gasteiger partial charge in [0, 0.05) is 22.3 Å². The molecule has 0 spiro atoms. The zero-order valence-corrected chi connectivity index (χ0v) is 15.6. The highest BCUT2D eigenvalue weighted by atomic mass is 16.5. The Kier molecular flexibility index (Phi) is 3.96. The number of ketones is 2. The Hall–Kier alpha value is -4.25. The minimum Gasteiger partial charge on any atom is -0.478 e. The lowest BCUT2D eigenvalue weighted by Crippen LogP contribution is -2.25. The number of ether oxygens (including phenoxy) is 1. The van der Waals surface area contributed by atoms with Gasteiger partial charge in [-0.1, -0.05) is 48.5 Å². The van der Waals surface area contributed by atoms with Crippen LogP contribution in [0.25, 0.3) is 11.8 Å². The van der Waals surface area contributed by atoms with Crippen molar-refractivity contribution in [1.29, 1.82) is 0 Å². The minimum atomic E-state index is -1.04. The SMILES string of the molecule is O=C(O)c1ccc(OC2=C3C(=O)c4ccccc4C=C3C(=O)c3ccccc32)cc1. The summed E-state index contributed by atoms with van der Waals surface area (Å²) in [6.45, 7) is 0. The van der Waals surface area contributed by atoms with Gasteiger partial charge in [0.1, 0.15) is 11.5 Å². The zero-order chi connectivity index (χ0) is 20.8. The van der Waals surface area contributed by atoms with Crippen LogP contribution in [0.3, 0.4) is 0 Å². The number of hydrogen-bond donors (Lipinski definition) is 1. The lowest BCUT2D eigenvalue weighted by Gasteiger charge is -2.27. The van der Waals surface area contributed by atoms with Gasteiger partial charge in [0.05, 0.1) is 11.1 Å². The van der Waals surface area contributed by atoms with E-state index in [2.05, 4.69) is 0 Å². The smallest absolute Gasteiger partial charge is 0.335 e. The fraction of sp³-hybridized carbons (Fsp3) is 0. The standard InChI is InChI=1S/C25H14O5/c26-22-18-7-3-4-8-19(18)24(30-16-11-9-14(10-12-16)25(28)29)21-20(22)13-15-5-1-2-6-17(15)23(21)27/h1-13H,(H,28,29). The summed E-state index contributed by atoms with van der Waals surface area (Å²) in [6.07, 6.45) is 1.72. The van der Waals surface area contributed by atoms with Crippen molar-refractivity contribution in [3.63, 3.8) is 0 Å². The molecule has 30 heavy (non-hydrogen) atoms. The van der Waals surface area contributed by atoms with Gasteiger partial charge in [-0.25, -0.2) is 4.79 Å². The molecule has 5 nitrogen and oxygen atoms in total. The van der Waals surface area contributed by atoms with Crippen molar-refractivity contribution in [2.75, 3.05) is 0 Å². The number of aromatic carboxylic acids is 1. The average Bonchev–Trinajstić information content (AvgIpc) is 2.77. The first kappa shape index (κ1) is 17.8. The number of Topliss-reactive ketones (excluding diaryl/α,β-unsaturated/α-hetero) is 2.